The van der Waals surface area contributed by atoms with Crippen molar-refractivity contribution in [3.8, 4) is 28.0 Å². The smallest absolute Gasteiger partial charge is 0.416 e. The maximum absolute atomic E-state index is 14.5. The lowest BCUT2D eigenvalue weighted by Crippen LogP contribution is -2.36. The third kappa shape index (κ3) is 5.26. The van der Waals surface area contributed by atoms with Gasteiger partial charge in [0.05, 0.1) is 41.4 Å². The molecule has 4 atom stereocenters. The molecule has 2 aliphatic heterocycles. The number of aromatic carboxylic acids is 1. The zero-order chi connectivity index (χ0) is 35.2. The Hall–Kier alpha value is -5.07. The molecule has 3 aliphatic rings. The van der Waals surface area contributed by atoms with Crippen LogP contribution in [0, 0.1) is 18.7 Å². The van der Waals surface area contributed by atoms with Crippen molar-refractivity contribution in [1.82, 2.24) is 10.2 Å². The van der Waals surface area contributed by atoms with Crippen LogP contribution in [0.1, 0.15) is 63.1 Å². The van der Waals surface area contributed by atoms with Crippen molar-refractivity contribution >= 4 is 12.0 Å². The van der Waals surface area contributed by atoms with Crippen molar-refractivity contribution in [3.05, 3.63) is 112 Å². The SMILES string of the molecule is COc1ccc(-c2ccc(C(=O)O)cc2C)cc1-c1ccc(C(F)(F)F)cc1[C@@H]1CC2CC23[C@@H](c2cc(F)cc(C(F)(F)F)c2)NC(=O)N13. The van der Waals surface area contributed by atoms with E-state index in [0.29, 0.717) is 46.1 Å². The predicted octanol–water partition coefficient (Wildman–Crippen LogP) is 9.18. The number of hydrogen-bond donors (Lipinski definition) is 2. The predicted molar refractivity (Wildman–Crippen MR) is 163 cm³/mol. The number of carbonyl (C=O) groups excluding carboxylic acids is 1. The van der Waals surface area contributed by atoms with Gasteiger partial charge in [-0.3, -0.25) is 0 Å². The van der Waals surface area contributed by atoms with Gasteiger partial charge in [-0.25, -0.2) is 14.0 Å². The summed E-state index contributed by atoms with van der Waals surface area (Å²) in [5.41, 5.74) is -0.327. The van der Waals surface area contributed by atoms with Gasteiger partial charge in [-0.2, -0.15) is 26.3 Å². The third-order valence-electron chi connectivity index (χ3n) is 9.97. The van der Waals surface area contributed by atoms with Crippen molar-refractivity contribution in [2.45, 2.75) is 49.7 Å². The molecule has 4 aromatic rings. The molecule has 13 heteroatoms. The zero-order valence-electron chi connectivity index (χ0n) is 25.8. The highest BCUT2D eigenvalue weighted by molar-refractivity contribution is 5.90. The number of amides is 2. The molecule has 2 unspecified atom stereocenters. The average Bonchev–Trinajstić information content (AvgIpc) is 3.51. The molecule has 2 N–H and O–H groups in total. The lowest BCUT2D eigenvalue weighted by Gasteiger charge is -2.31. The molecule has 4 aromatic carbocycles. The number of nitrogens with zero attached hydrogens (tertiary/aromatic N) is 1. The molecule has 2 amide bonds. The van der Waals surface area contributed by atoms with Gasteiger partial charge in [0.1, 0.15) is 11.6 Å². The molecule has 49 heavy (non-hydrogen) atoms. The molecule has 2 saturated heterocycles. The molecule has 6 nitrogen and oxygen atoms in total. The average molecular weight is 685 g/mol. The van der Waals surface area contributed by atoms with Crippen LogP contribution in [0.25, 0.3) is 22.3 Å². The second kappa shape index (κ2) is 11.0. The molecular formula is C36H27F7N2O4. The molecule has 0 radical (unpaired) electrons. The number of carbonyl (C=O) groups is 2. The number of rotatable bonds is 6. The summed E-state index contributed by atoms with van der Waals surface area (Å²) in [6.07, 6.45) is -8.96. The monoisotopic (exact) mass is 684 g/mol. The first-order valence-corrected chi connectivity index (χ1v) is 15.2. The molecule has 1 spiro atoms. The van der Waals surface area contributed by atoms with Gasteiger partial charge in [0.25, 0.3) is 0 Å². The van der Waals surface area contributed by atoms with E-state index in [1.54, 1.807) is 31.2 Å². The van der Waals surface area contributed by atoms with Crippen LogP contribution in [-0.2, 0) is 12.4 Å². The van der Waals surface area contributed by atoms with Crippen LogP contribution < -0.4 is 10.1 Å². The summed E-state index contributed by atoms with van der Waals surface area (Å²) in [5, 5.41) is 12.1. The van der Waals surface area contributed by atoms with Crippen LogP contribution in [0.3, 0.4) is 0 Å². The van der Waals surface area contributed by atoms with E-state index in [1.807, 2.05) is 0 Å². The molecule has 7 rings (SSSR count). The van der Waals surface area contributed by atoms with Gasteiger partial charge in [-0.1, -0.05) is 18.2 Å². The largest absolute Gasteiger partial charge is 0.496 e. The number of piperidine rings is 1. The van der Waals surface area contributed by atoms with Crippen molar-refractivity contribution in [3.63, 3.8) is 0 Å². The number of alkyl halides is 6. The Labute approximate surface area is 275 Å². The summed E-state index contributed by atoms with van der Waals surface area (Å²) < 4.78 is 103. The Morgan fingerprint density at radius 1 is 0.898 bits per heavy atom. The fraction of sp³-hybridized carbons (Fsp3) is 0.278. The summed E-state index contributed by atoms with van der Waals surface area (Å²) in [6, 6.07) is 12.4. The number of benzene rings is 4. The van der Waals surface area contributed by atoms with Crippen LogP contribution in [-0.4, -0.2) is 34.7 Å². The number of carboxylic acid groups (broad SMARTS) is 1. The first-order chi connectivity index (χ1) is 23.0. The Kier molecular flexibility index (Phi) is 7.27. The van der Waals surface area contributed by atoms with Gasteiger partial charge in [0.15, 0.2) is 0 Å². The van der Waals surface area contributed by atoms with Crippen LogP contribution in [0.2, 0.25) is 0 Å². The van der Waals surface area contributed by atoms with E-state index in [1.165, 1.54) is 30.2 Å². The Balaban J connectivity index is 1.35. The van der Waals surface area contributed by atoms with Gasteiger partial charge >= 0.3 is 24.4 Å². The molecule has 2 heterocycles. The number of nitrogens with one attached hydrogen (secondary N) is 1. The van der Waals surface area contributed by atoms with Crippen LogP contribution in [0.5, 0.6) is 5.75 Å². The Morgan fingerprint density at radius 2 is 1.61 bits per heavy atom. The lowest BCUT2D eigenvalue weighted by molar-refractivity contribution is -0.138. The maximum Gasteiger partial charge on any atom is 0.416 e. The van der Waals surface area contributed by atoms with E-state index < -0.39 is 58.9 Å². The minimum atomic E-state index is -4.84. The molecule has 1 aliphatic carbocycles. The van der Waals surface area contributed by atoms with E-state index >= 15 is 0 Å². The Bertz CT molecular complexity index is 2040. The van der Waals surface area contributed by atoms with Crippen molar-refractivity contribution in [2.75, 3.05) is 7.11 Å². The van der Waals surface area contributed by atoms with Gasteiger partial charge in [0, 0.05) is 5.56 Å². The molecule has 3 fully saturated rings. The first-order valence-electron chi connectivity index (χ1n) is 15.2. The van der Waals surface area contributed by atoms with E-state index in [4.69, 9.17) is 4.74 Å². The quantitative estimate of drug-likeness (QED) is 0.199. The van der Waals surface area contributed by atoms with E-state index in [2.05, 4.69) is 5.32 Å². The minimum absolute atomic E-state index is 0.0748. The van der Waals surface area contributed by atoms with E-state index in [0.717, 1.165) is 24.3 Å². The highest BCUT2D eigenvalue weighted by atomic mass is 19.4. The summed E-state index contributed by atoms with van der Waals surface area (Å²) in [6.45, 7) is 1.73. The van der Waals surface area contributed by atoms with Crippen LogP contribution in [0.15, 0.2) is 72.8 Å². The van der Waals surface area contributed by atoms with Crippen LogP contribution >= 0.6 is 0 Å². The standard InChI is InChI=1S/C36H27F7N2O4/c1-17-9-19(32(46)47)3-6-25(17)18-4-8-30(49-2)28(12-18)26-7-5-21(35(38,39)40)14-27(26)29-15-23-16-34(23)31(44-33(48)45(29)34)20-10-22(36(41,42)43)13-24(37)11-20/h3-14,23,29,31H,15-16H2,1-2H3,(H,44,48)(H,46,47)/t23?,29-,31+,34?/m0/s1. The van der Waals surface area contributed by atoms with Gasteiger partial charge in [0.2, 0.25) is 0 Å². The fourth-order valence-electron chi connectivity index (χ4n) is 7.77. The molecule has 1 saturated carbocycles. The summed E-state index contributed by atoms with van der Waals surface area (Å²) in [4.78, 5) is 26.6. The second-order valence-electron chi connectivity index (χ2n) is 12.7. The second-order valence-corrected chi connectivity index (χ2v) is 12.7. The van der Waals surface area contributed by atoms with E-state index in [9.17, 15) is 45.4 Å². The molecular weight excluding hydrogens is 657 g/mol. The number of ether oxygens (including phenoxy) is 1. The van der Waals surface area contributed by atoms with E-state index in [-0.39, 0.29) is 29.0 Å². The van der Waals surface area contributed by atoms with Gasteiger partial charge in [-0.05, 0) is 114 Å². The van der Waals surface area contributed by atoms with Crippen molar-refractivity contribution in [1.29, 1.82) is 0 Å². The van der Waals surface area contributed by atoms with Crippen molar-refractivity contribution < 1.29 is 50.2 Å². The van der Waals surface area contributed by atoms with Crippen molar-refractivity contribution in [2.24, 2.45) is 5.92 Å². The fourth-order valence-corrected chi connectivity index (χ4v) is 7.77. The highest BCUT2D eigenvalue weighted by Crippen LogP contribution is 2.70. The maximum atomic E-state index is 14.5. The minimum Gasteiger partial charge on any atom is -0.496 e. The molecule has 0 aromatic heterocycles. The van der Waals surface area contributed by atoms with Gasteiger partial charge < -0.3 is 20.1 Å². The number of aryl methyl sites for hydroxylation is 1. The first kappa shape index (κ1) is 32.5. The summed E-state index contributed by atoms with van der Waals surface area (Å²) in [5.74, 6) is -2.17. The third-order valence-corrected chi connectivity index (χ3v) is 9.97. The topological polar surface area (TPSA) is 78.9 Å². The number of hydrogen-bond acceptors (Lipinski definition) is 3. The number of carboxylic acids is 1. The summed E-state index contributed by atoms with van der Waals surface area (Å²) >= 11 is 0. The number of methoxy groups -OCH3 is 1. The summed E-state index contributed by atoms with van der Waals surface area (Å²) in [7, 11) is 1.40. The lowest BCUT2D eigenvalue weighted by atomic mass is 9.88. The highest BCUT2D eigenvalue weighted by Gasteiger charge is 2.74. The van der Waals surface area contributed by atoms with Gasteiger partial charge in [-0.15, -0.1) is 0 Å². The zero-order valence-corrected chi connectivity index (χ0v) is 25.8. The Morgan fingerprint density at radius 3 is 2.27 bits per heavy atom. The number of halogens is 7. The molecule has 254 valence electrons. The normalized spacial score (nSPS) is 22.8. The van der Waals surface area contributed by atoms with Crippen LogP contribution in [0.4, 0.5) is 35.5 Å². The molecule has 0 bridgehead atoms. The number of urea groups is 1.